The van der Waals surface area contributed by atoms with E-state index in [4.69, 9.17) is 10.5 Å². The summed E-state index contributed by atoms with van der Waals surface area (Å²) in [6.07, 6.45) is 0.468. The lowest BCUT2D eigenvalue weighted by atomic mass is 10.1. The van der Waals surface area contributed by atoms with Gasteiger partial charge in [-0.25, -0.2) is 0 Å². The molecule has 0 aliphatic carbocycles. The molecule has 1 aromatic rings. The first-order valence-corrected chi connectivity index (χ1v) is 7.12. The topological polar surface area (TPSA) is 84.7 Å². The van der Waals surface area contributed by atoms with E-state index >= 15 is 0 Å². The number of ether oxygens (including phenoxy) is 1. The lowest BCUT2D eigenvalue weighted by Crippen LogP contribution is -2.41. The second kappa shape index (κ2) is 7.75. The van der Waals surface area contributed by atoms with Crippen LogP contribution in [0.4, 0.5) is 0 Å². The number of morpholine rings is 1. The summed E-state index contributed by atoms with van der Waals surface area (Å²) in [6.45, 7) is 3.83. The number of nitrogens with zero attached hydrogens (tertiary/aromatic N) is 1. The van der Waals surface area contributed by atoms with Gasteiger partial charge in [0.2, 0.25) is 11.8 Å². The molecule has 1 fully saturated rings. The van der Waals surface area contributed by atoms with Crippen molar-refractivity contribution in [2.75, 3.05) is 32.8 Å². The summed E-state index contributed by atoms with van der Waals surface area (Å²) < 4.78 is 5.22. The lowest BCUT2D eigenvalue weighted by molar-refractivity contribution is -0.135. The quantitative estimate of drug-likeness (QED) is 0.729. The van der Waals surface area contributed by atoms with Crippen molar-refractivity contribution in [3.8, 4) is 0 Å². The zero-order valence-electron chi connectivity index (χ0n) is 12.0. The van der Waals surface area contributed by atoms with Crippen LogP contribution in [0.2, 0.25) is 0 Å². The van der Waals surface area contributed by atoms with E-state index in [0.717, 1.165) is 5.56 Å². The van der Waals surface area contributed by atoms with E-state index in [9.17, 15) is 9.59 Å². The molecule has 2 rings (SSSR count). The highest BCUT2D eigenvalue weighted by atomic mass is 16.5. The Hall–Kier alpha value is -1.92. The van der Waals surface area contributed by atoms with Gasteiger partial charge in [0.1, 0.15) is 0 Å². The van der Waals surface area contributed by atoms with E-state index in [1.165, 1.54) is 0 Å². The predicted octanol–water partition coefficient (Wildman–Crippen LogP) is 0.124. The fraction of sp³-hybridized carbons (Fsp3) is 0.467. The van der Waals surface area contributed by atoms with Crippen molar-refractivity contribution in [1.82, 2.24) is 10.2 Å². The second-order valence-corrected chi connectivity index (χ2v) is 4.98. The minimum Gasteiger partial charge on any atom is -0.378 e. The Bertz CT molecular complexity index is 499. The first kappa shape index (κ1) is 15.5. The van der Waals surface area contributed by atoms with Crippen molar-refractivity contribution in [3.63, 3.8) is 0 Å². The summed E-state index contributed by atoms with van der Waals surface area (Å²) in [4.78, 5) is 24.8. The van der Waals surface area contributed by atoms with Gasteiger partial charge in [0.05, 0.1) is 13.2 Å². The molecule has 1 saturated heterocycles. The summed E-state index contributed by atoms with van der Waals surface area (Å²) in [5.41, 5.74) is 6.72. The molecule has 0 spiro atoms. The molecule has 1 aromatic carbocycles. The number of nitrogens with one attached hydrogen (secondary N) is 1. The van der Waals surface area contributed by atoms with Crippen molar-refractivity contribution >= 4 is 11.8 Å². The van der Waals surface area contributed by atoms with Crippen LogP contribution in [0.25, 0.3) is 0 Å². The number of amides is 2. The lowest BCUT2D eigenvalue weighted by Gasteiger charge is -2.26. The van der Waals surface area contributed by atoms with Crippen LogP contribution in [-0.4, -0.2) is 49.6 Å². The molecule has 0 unspecified atom stereocenters. The maximum Gasteiger partial charge on any atom is 0.248 e. The van der Waals surface area contributed by atoms with Crippen molar-refractivity contribution in [1.29, 1.82) is 0 Å². The zero-order valence-corrected chi connectivity index (χ0v) is 12.0. The van der Waals surface area contributed by atoms with Gasteiger partial charge in [0.25, 0.3) is 0 Å². The third kappa shape index (κ3) is 4.84. The molecule has 0 aromatic heterocycles. The number of hydrogen-bond donors (Lipinski definition) is 2. The summed E-state index contributed by atoms with van der Waals surface area (Å²) >= 11 is 0. The largest absolute Gasteiger partial charge is 0.378 e. The maximum atomic E-state index is 11.9. The van der Waals surface area contributed by atoms with E-state index in [1.807, 2.05) is 11.0 Å². The first-order valence-electron chi connectivity index (χ1n) is 7.12. The van der Waals surface area contributed by atoms with Crippen LogP contribution in [0.3, 0.4) is 0 Å². The first-order chi connectivity index (χ1) is 10.2. The van der Waals surface area contributed by atoms with Gasteiger partial charge in [-0.1, -0.05) is 12.1 Å². The highest BCUT2D eigenvalue weighted by Crippen LogP contribution is 2.04. The predicted molar refractivity (Wildman–Crippen MR) is 78.7 cm³/mol. The normalized spacial score (nSPS) is 15.0. The highest BCUT2D eigenvalue weighted by Gasteiger charge is 2.15. The van der Waals surface area contributed by atoms with Gasteiger partial charge in [0.15, 0.2) is 0 Å². The molecule has 2 amide bonds. The van der Waals surface area contributed by atoms with E-state index in [2.05, 4.69) is 5.32 Å². The van der Waals surface area contributed by atoms with Crippen LogP contribution in [0.15, 0.2) is 24.3 Å². The molecule has 1 aliphatic rings. The SMILES string of the molecule is NC(=O)c1cccc(CNCCC(=O)N2CCOCC2)c1. The number of primary amides is 1. The summed E-state index contributed by atoms with van der Waals surface area (Å²) in [5.74, 6) is -0.281. The molecule has 6 heteroatoms. The van der Waals surface area contributed by atoms with Crippen LogP contribution in [-0.2, 0) is 16.1 Å². The molecular formula is C15H21N3O3. The third-order valence-electron chi connectivity index (χ3n) is 3.42. The molecule has 6 nitrogen and oxygen atoms in total. The number of rotatable bonds is 6. The van der Waals surface area contributed by atoms with Crippen molar-refractivity contribution in [2.24, 2.45) is 5.73 Å². The van der Waals surface area contributed by atoms with Crippen molar-refractivity contribution in [3.05, 3.63) is 35.4 Å². The third-order valence-corrected chi connectivity index (χ3v) is 3.42. The standard InChI is InChI=1S/C15H21N3O3/c16-15(20)13-3-1-2-12(10-13)11-17-5-4-14(19)18-6-8-21-9-7-18/h1-3,10,17H,4-9,11H2,(H2,16,20). The number of nitrogens with two attached hydrogens (primary N) is 1. The molecule has 0 saturated carbocycles. The number of benzene rings is 1. The Morgan fingerprint density at radius 3 is 2.76 bits per heavy atom. The van der Waals surface area contributed by atoms with Crippen molar-refractivity contribution in [2.45, 2.75) is 13.0 Å². The molecule has 1 heterocycles. The molecule has 3 N–H and O–H groups in total. The van der Waals surface area contributed by atoms with Gasteiger partial charge >= 0.3 is 0 Å². The highest BCUT2D eigenvalue weighted by molar-refractivity contribution is 5.92. The van der Waals surface area contributed by atoms with Gasteiger partial charge in [-0.3, -0.25) is 9.59 Å². The zero-order chi connectivity index (χ0) is 15.1. The van der Waals surface area contributed by atoms with Crippen LogP contribution in [0.5, 0.6) is 0 Å². The van der Waals surface area contributed by atoms with Crippen molar-refractivity contribution < 1.29 is 14.3 Å². The maximum absolute atomic E-state index is 11.9. The Morgan fingerprint density at radius 1 is 1.29 bits per heavy atom. The van der Waals surface area contributed by atoms with Crippen LogP contribution < -0.4 is 11.1 Å². The summed E-state index contributed by atoms with van der Waals surface area (Å²) in [7, 11) is 0. The number of carbonyl (C=O) groups is 2. The van der Waals surface area contributed by atoms with Gasteiger partial charge in [0, 0.05) is 38.2 Å². The van der Waals surface area contributed by atoms with Crippen LogP contribution in [0, 0.1) is 0 Å². The second-order valence-electron chi connectivity index (χ2n) is 4.98. The minimum atomic E-state index is -0.431. The Labute approximate surface area is 124 Å². The number of hydrogen-bond acceptors (Lipinski definition) is 4. The molecule has 21 heavy (non-hydrogen) atoms. The van der Waals surface area contributed by atoms with Crippen LogP contribution >= 0.6 is 0 Å². The summed E-state index contributed by atoms with van der Waals surface area (Å²) in [5, 5.41) is 3.21. The fourth-order valence-electron chi connectivity index (χ4n) is 2.23. The van der Waals surface area contributed by atoms with E-state index in [0.29, 0.717) is 51.4 Å². The Morgan fingerprint density at radius 2 is 2.05 bits per heavy atom. The van der Waals surface area contributed by atoms with Gasteiger partial charge in [-0.15, -0.1) is 0 Å². The average Bonchev–Trinajstić information content (AvgIpc) is 2.52. The molecule has 0 atom stereocenters. The molecule has 1 aliphatic heterocycles. The smallest absolute Gasteiger partial charge is 0.248 e. The van der Waals surface area contributed by atoms with Gasteiger partial charge < -0.3 is 20.7 Å². The van der Waals surface area contributed by atoms with E-state index in [-0.39, 0.29) is 5.91 Å². The Balaban J connectivity index is 1.70. The molecular weight excluding hydrogens is 270 g/mol. The fourth-order valence-corrected chi connectivity index (χ4v) is 2.23. The monoisotopic (exact) mass is 291 g/mol. The van der Waals surface area contributed by atoms with Crippen LogP contribution in [0.1, 0.15) is 22.3 Å². The molecule has 114 valence electrons. The van der Waals surface area contributed by atoms with E-state index < -0.39 is 5.91 Å². The molecule has 0 radical (unpaired) electrons. The number of carbonyl (C=O) groups excluding carboxylic acids is 2. The summed E-state index contributed by atoms with van der Waals surface area (Å²) in [6, 6.07) is 7.17. The minimum absolute atomic E-state index is 0.150. The average molecular weight is 291 g/mol. The Kier molecular flexibility index (Phi) is 5.71. The molecule has 0 bridgehead atoms. The van der Waals surface area contributed by atoms with E-state index in [1.54, 1.807) is 18.2 Å². The van der Waals surface area contributed by atoms with Gasteiger partial charge in [-0.05, 0) is 17.7 Å². The van der Waals surface area contributed by atoms with Gasteiger partial charge in [-0.2, -0.15) is 0 Å².